The van der Waals surface area contributed by atoms with Gasteiger partial charge in [-0.15, -0.1) is 0 Å². The SMILES string of the molecule is CCC1CCC1Nc1cn(-c2cccc(C#C[C@]3(O)CCN(C)C3=O)c2)nc1C(=O)O. The first-order chi connectivity index (χ1) is 14.8. The van der Waals surface area contributed by atoms with Crippen molar-refractivity contribution in [1.82, 2.24) is 14.7 Å². The molecule has 2 aromatic rings. The molecular formula is C23H26N4O4. The maximum atomic E-state index is 12.1. The van der Waals surface area contributed by atoms with Gasteiger partial charge in [0, 0.05) is 31.6 Å². The van der Waals surface area contributed by atoms with E-state index in [0.29, 0.717) is 29.4 Å². The summed E-state index contributed by atoms with van der Waals surface area (Å²) in [4.78, 5) is 25.3. The molecule has 1 aliphatic heterocycles. The Balaban J connectivity index is 1.60. The normalized spacial score (nSPS) is 25.0. The summed E-state index contributed by atoms with van der Waals surface area (Å²) in [7, 11) is 1.64. The average molecular weight is 422 g/mol. The zero-order chi connectivity index (χ0) is 22.2. The first-order valence-corrected chi connectivity index (χ1v) is 10.5. The number of aromatic carboxylic acids is 1. The summed E-state index contributed by atoms with van der Waals surface area (Å²) < 4.78 is 1.51. The van der Waals surface area contributed by atoms with Gasteiger partial charge >= 0.3 is 5.97 Å². The molecule has 0 bridgehead atoms. The summed E-state index contributed by atoms with van der Waals surface area (Å²) >= 11 is 0. The van der Waals surface area contributed by atoms with E-state index in [1.165, 1.54) is 9.58 Å². The Morgan fingerprint density at radius 2 is 2.19 bits per heavy atom. The zero-order valence-electron chi connectivity index (χ0n) is 17.6. The molecule has 1 saturated carbocycles. The highest BCUT2D eigenvalue weighted by Gasteiger charge is 2.42. The monoisotopic (exact) mass is 422 g/mol. The molecule has 162 valence electrons. The van der Waals surface area contributed by atoms with Gasteiger partial charge in [-0.1, -0.05) is 31.3 Å². The number of likely N-dealkylation sites (tertiary alicyclic amines) is 1. The first-order valence-electron chi connectivity index (χ1n) is 10.5. The van der Waals surface area contributed by atoms with Crippen molar-refractivity contribution in [2.75, 3.05) is 18.9 Å². The van der Waals surface area contributed by atoms with E-state index in [4.69, 9.17) is 0 Å². The Bertz CT molecular complexity index is 1080. The van der Waals surface area contributed by atoms with Gasteiger partial charge in [0.1, 0.15) is 0 Å². The first kappa shape index (κ1) is 20.9. The summed E-state index contributed by atoms with van der Waals surface area (Å²) in [5.74, 6) is 4.64. The molecule has 1 aromatic carbocycles. The molecule has 4 rings (SSSR count). The fraction of sp³-hybridized carbons (Fsp3) is 0.435. The molecule has 8 nitrogen and oxygen atoms in total. The number of carbonyl (C=O) groups is 2. The standard InChI is InChI=1S/C23H26N4O4/c1-3-16-7-8-18(16)24-19-14-27(25-20(19)21(28)29)17-6-4-5-15(13-17)9-10-23(31)11-12-26(2)22(23)30/h4-6,13-14,16,18,24,31H,3,7-8,11-12H2,1-2H3,(H,28,29)/t16?,18?,23-/m0/s1. The topological polar surface area (TPSA) is 108 Å². The third kappa shape index (κ3) is 4.01. The van der Waals surface area contributed by atoms with Gasteiger partial charge in [-0.2, -0.15) is 5.10 Å². The van der Waals surface area contributed by atoms with E-state index in [9.17, 15) is 19.8 Å². The fourth-order valence-electron chi connectivity index (χ4n) is 4.09. The molecule has 0 spiro atoms. The largest absolute Gasteiger partial charge is 0.476 e. The number of hydrogen-bond acceptors (Lipinski definition) is 5. The number of amides is 1. The van der Waals surface area contributed by atoms with E-state index in [1.807, 2.05) is 0 Å². The average Bonchev–Trinajstić information content (AvgIpc) is 3.28. The van der Waals surface area contributed by atoms with Crippen molar-refractivity contribution in [3.63, 3.8) is 0 Å². The van der Waals surface area contributed by atoms with Crippen LogP contribution in [0, 0.1) is 17.8 Å². The van der Waals surface area contributed by atoms with Crippen molar-refractivity contribution in [3.05, 3.63) is 41.7 Å². The number of carboxylic acid groups (broad SMARTS) is 1. The molecule has 2 aliphatic rings. The third-order valence-electron chi connectivity index (χ3n) is 6.23. The second kappa shape index (κ2) is 8.08. The molecule has 3 atom stereocenters. The van der Waals surface area contributed by atoms with Crippen molar-refractivity contribution >= 4 is 17.6 Å². The summed E-state index contributed by atoms with van der Waals surface area (Å²) in [6, 6.07) is 7.36. The maximum Gasteiger partial charge on any atom is 0.358 e. The Labute approximate surface area is 180 Å². The molecule has 2 fully saturated rings. The molecule has 0 radical (unpaired) electrons. The summed E-state index contributed by atoms with van der Waals surface area (Å²) in [5.41, 5.74) is 0.0565. The van der Waals surface area contributed by atoms with E-state index in [1.54, 1.807) is 37.5 Å². The van der Waals surface area contributed by atoms with E-state index in [0.717, 1.165) is 19.3 Å². The van der Waals surface area contributed by atoms with Crippen molar-refractivity contribution < 1.29 is 19.8 Å². The van der Waals surface area contributed by atoms with Gasteiger partial charge in [-0.05, 0) is 37.0 Å². The van der Waals surface area contributed by atoms with Crippen LogP contribution in [0.25, 0.3) is 5.69 Å². The molecule has 1 aliphatic carbocycles. The van der Waals surface area contributed by atoms with Crippen molar-refractivity contribution in [2.24, 2.45) is 5.92 Å². The predicted octanol–water partition coefficient (Wildman–Crippen LogP) is 2.12. The molecule has 1 aromatic heterocycles. The number of likely N-dealkylation sites (N-methyl/N-ethyl adjacent to an activating group) is 1. The molecule has 31 heavy (non-hydrogen) atoms. The van der Waals surface area contributed by atoms with Crippen LogP contribution < -0.4 is 5.32 Å². The van der Waals surface area contributed by atoms with Crippen molar-refractivity contribution in [3.8, 4) is 17.5 Å². The van der Waals surface area contributed by atoms with Crippen molar-refractivity contribution in [1.29, 1.82) is 0 Å². The number of carboxylic acids is 1. The molecule has 2 unspecified atom stereocenters. The van der Waals surface area contributed by atoms with Crippen LogP contribution in [0.2, 0.25) is 0 Å². The van der Waals surface area contributed by atoms with Gasteiger partial charge in [0.25, 0.3) is 5.91 Å². The number of carbonyl (C=O) groups excluding carboxylic acids is 1. The number of anilines is 1. The highest BCUT2D eigenvalue weighted by atomic mass is 16.4. The minimum Gasteiger partial charge on any atom is -0.476 e. The second-order valence-corrected chi connectivity index (χ2v) is 8.27. The lowest BCUT2D eigenvalue weighted by molar-refractivity contribution is -0.137. The van der Waals surface area contributed by atoms with Gasteiger partial charge in [0.2, 0.25) is 5.60 Å². The lowest BCUT2D eigenvalue weighted by atomic mass is 9.78. The highest BCUT2D eigenvalue weighted by Crippen LogP contribution is 2.33. The Morgan fingerprint density at radius 1 is 1.39 bits per heavy atom. The quantitative estimate of drug-likeness (QED) is 0.637. The van der Waals surface area contributed by atoms with Crippen LogP contribution in [0.1, 0.15) is 48.7 Å². The minimum absolute atomic E-state index is 0.0212. The van der Waals surface area contributed by atoms with Crippen LogP contribution in [0.5, 0.6) is 0 Å². The summed E-state index contributed by atoms with van der Waals surface area (Å²) in [5, 5.41) is 27.7. The number of nitrogens with one attached hydrogen (secondary N) is 1. The van der Waals surface area contributed by atoms with E-state index in [-0.39, 0.29) is 18.2 Å². The molecule has 1 saturated heterocycles. The molecule has 8 heteroatoms. The number of hydrogen-bond donors (Lipinski definition) is 3. The molecule has 1 amide bonds. The van der Waals surface area contributed by atoms with Crippen LogP contribution in [-0.2, 0) is 4.79 Å². The van der Waals surface area contributed by atoms with E-state index in [2.05, 4.69) is 29.2 Å². The van der Waals surface area contributed by atoms with Gasteiger partial charge < -0.3 is 20.4 Å². The number of aromatic nitrogens is 2. The summed E-state index contributed by atoms with van der Waals surface area (Å²) in [6.07, 6.45) is 5.18. The highest BCUT2D eigenvalue weighted by molar-refractivity contribution is 5.92. The summed E-state index contributed by atoms with van der Waals surface area (Å²) in [6.45, 7) is 2.60. The van der Waals surface area contributed by atoms with Gasteiger partial charge in [0.05, 0.1) is 17.6 Å². The number of benzene rings is 1. The maximum absolute atomic E-state index is 12.1. The van der Waals surface area contributed by atoms with Crippen LogP contribution in [0.4, 0.5) is 5.69 Å². The lowest BCUT2D eigenvalue weighted by Gasteiger charge is -2.37. The lowest BCUT2D eigenvalue weighted by Crippen LogP contribution is -2.38. The Kier molecular flexibility index (Phi) is 5.46. The molecular weight excluding hydrogens is 396 g/mol. The van der Waals surface area contributed by atoms with Crippen molar-refractivity contribution in [2.45, 2.75) is 44.2 Å². The van der Waals surface area contributed by atoms with E-state index >= 15 is 0 Å². The fourth-order valence-corrected chi connectivity index (χ4v) is 4.09. The third-order valence-corrected chi connectivity index (χ3v) is 6.23. The second-order valence-electron chi connectivity index (χ2n) is 8.27. The Hall–Kier alpha value is -3.31. The smallest absolute Gasteiger partial charge is 0.358 e. The minimum atomic E-state index is -1.66. The van der Waals surface area contributed by atoms with Crippen LogP contribution in [-0.4, -0.2) is 62.0 Å². The molecule has 3 N–H and O–H groups in total. The van der Waals surface area contributed by atoms with Crippen LogP contribution in [0.15, 0.2) is 30.5 Å². The van der Waals surface area contributed by atoms with Crippen LogP contribution in [0.3, 0.4) is 0 Å². The molecule has 2 heterocycles. The van der Waals surface area contributed by atoms with Gasteiger partial charge in [-0.25, -0.2) is 9.48 Å². The van der Waals surface area contributed by atoms with Crippen LogP contribution >= 0.6 is 0 Å². The number of nitrogens with zero attached hydrogens (tertiary/aromatic N) is 3. The van der Waals surface area contributed by atoms with E-state index < -0.39 is 17.5 Å². The Morgan fingerprint density at radius 3 is 2.81 bits per heavy atom. The number of rotatable bonds is 5. The van der Waals surface area contributed by atoms with Gasteiger partial charge in [-0.3, -0.25) is 4.79 Å². The van der Waals surface area contributed by atoms with Gasteiger partial charge in [0.15, 0.2) is 5.69 Å². The number of aliphatic hydroxyl groups is 1. The zero-order valence-corrected chi connectivity index (χ0v) is 17.6. The predicted molar refractivity (Wildman–Crippen MR) is 115 cm³/mol.